The van der Waals surface area contributed by atoms with Crippen molar-refractivity contribution in [2.75, 3.05) is 18.0 Å². The zero-order valence-electron chi connectivity index (χ0n) is 12.7. The van der Waals surface area contributed by atoms with E-state index >= 15 is 0 Å². The molecule has 0 atom stereocenters. The minimum Gasteiger partial charge on any atom is -0.363 e. The van der Waals surface area contributed by atoms with Gasteiger partial charge in [0.25, 0.3) is 0 Å². The first-order valence-electron chi connectivity index (χ1n) is 7.02. The highest BCUT2D eigenvalue weighted by atomic mass is 15.2. The lowest BCUT2D eigenvalue weighted by Crippen LogP contribution is -2.42. The summed E-state index contributed by atoms with van der Waals surface area (Å²) in [6, 6.07) is 2.09. The molecule has 0 aliphatic rings. The molecule has 0 bridgehead atoms. The lowest BCUT2D eigenvalue weighted by atomic mass is 10.0. The third-order valence-corrected chi connectivity index (χ3v) is 3.03. The standard InChI is InChI=1S/C16H27N3/c1-6-9-17-12-14-13-18-10-8-15(14)19(11-7-2)16(3,4)5/h7-8,10,13,17H,2,6,9,11-12H2,1,3-5H3. The lowest BCUT2D eigenvalue weighted by molar-refractivity contribution is 0.519. The second kappa shape index (κ2) is 7.29. The van der Waals surface area contributed by atoms with Crippen molar-refractivity contribution in [3.63, 3.8) is 0 Å². The van der Waals surface area contributed by atoms with Gasteiger partial charge < -0.3 is 10.2 Å². The van der Waals surface area contributed by atoms with E-state index in [0.717, 1.165) is 26.1 Å². The molecule has 3 heteroatoms. The van der Waals surface area contributed by atoms with Crippen LogP contribution in [0, 0.1) is 0 Å². The molecule has 0 spiro atoms. The van der Waals surface area contributed by atoms with Crippen LogP contribution in [0.3, 0.4) is 0 Å². The molecule has 1 aromatic heterocycles. The first kappa shape index (κ1) is 15.7. The molecule has 0 fully saturated rings. The molecule has 0 amide bonds. The number of hydrogen-bond acceptors (Lipinski definition) is 3. The van der Waals surface area contributed by atoms with E-state index in [1.807, 2.05) is 18.5 Å². The molecule has 0 aliphatic heterocycles. The van der Waals surface area contributed by atoms with Crippen LogP contribution in [0.25, 0.3) is 0 Å². The maximum absolute atomic E-state index is 4.26. The Labute approximate surface area is 117 Å². The van der Waals surface area contributed by atoms with Crippen molar-refractivity contribution in [1.82, 2.24) is 10.3 Å². The van der Waals surface area contributed by atoms with E-state index in [9.17, 15) is 0 Å². The summed E-state index contributed by atoms with van der Waals surface area (Å²) in [6.45, 7) is 15.5. The Bertz CT molecular complexity index is 393. The van der Waals surface area contributed by atoms with Crippen LogP contribution in [0.15, 0.2) is 31.1 Å². The average molecular weight is 261 g/mol. The summed E-state index contributed by atoms with van der Waals surface area (Å²) in [5, 5.41) is 3.45. The Morgan fingerprint density at radius 3 is 2.74 bits per heavy atom. The summed E-state index contributed by atoms with van der Waals surface area (Å²) in [7, 11) is 0. The minimum atomic E-state index is 0.0645. The zero-order valence-corrected chi connectivity index (χ0v) is 12.7. The van der Waals surface area contributed by atoms with Gasteiger partial charge >= 0.3 is 0 Å². The first-order valence-corrected chi connectivity index (χ1v) is 7.02. The predicted octanol–water partition coefficient (Wildman–Crippen LogP) is 3.37. The Balaban J connectivity index is 2.98. The van der Waals surface area contributed by atoms with Gasteiger partial charge in [0, 0.05) is 42.3 Å². The Morgan fingerprint density at radius 1 is 1.42 bits per heavy atom. The zero-order chi connectivity index (χ0) is 14.3. The van der Waals surface area contributed by atoms with Gasteiger partial charge in [0.05, 0.1) is 0 Å². The van der Waals surface area contributed by atoms with E-state index in [2.05, 4.69) is 55.5 Å². The van der Waals surface area contributed by atoms with Gasteiger partial charge in [-0.2, -0.15) is 0 Å². The van der Waals surface area contributed by atoms with E-state index in [4.69, 9.17) is 0 Å². The summed E-state index contributed by atoms with van der Waals surface area (Å²) in [6.07, 6.45) is 6.92. The predicted molar refractivity (Wildman–Crippen MR) is 83.5 cm³/mol. The summed E-state index contributed by atoms with van der Waals surface area (Å²) in [5.41, 5.74) is 2.55. The summed E-state index contributed by atoms with van der Waals surface area (Å²) < 4.78 is 0. The van der Waals surface area contributed by atoms with Crippen LogP contribution in [0.2, 0.25) is 0 Å². The van der Waals surface area contributed by atoms with Gasteiger partial charge in [0.1, 0.15) is 0 Å². The summed E-state index contributed by atoms with van der Waals surface area (Å²) in [4.78, 5) is 6.62. The van der Waals surface area contributed by atoms with Crippen LogP contribution >= 0.6 is 0 Å². The maximum Gasteiger partial charge on any atom is 0.0449 e. The number of aromatic nitrogens is 1. The van der Waals surface area contributed by atoms with Gasteiger partial charge in [-0.1, -0.05) is 13.0 Å². The van der Waals surface area contributed by atoms with Crippen LogP contribution < -0.4 is 10.2 Å². The first-order chi connectivity index (χ1) is 9.00. The van der Waals surface area contributed by atoms with Crippen molar-refractivity contribution in [2.45, 2.75) is 46.2 Å². The molecular formula is C16H27N3. The average Bonchev–Trinajstić information content (AvgIpc) is 2.36. The number of rotatable bonds is 7. The molecule has 0 radical (unpaired) electrons. The van der Waals surface area contributed by atoms with Crippen LogP contribution in [-0.4, -0.2) is 23.6 Å². The summed E-state index contributed by atoms with van der Waals surface area (Å²) >= 11 is 0. The van der Waals surface area contributed by atoms with Gasteiger partial charge in [0.2, 0.25) is 0 Å². The van der Waals surface area contributed by atoms with E-state index < -0.39 is 0 Å². The molecule has 0 saturated heterocycles. The van der Waals surface area contributed by atoms with Gasteiger partial charge in [-0.25, -0.2) is 0 Å². The Morgan fingerprint density at radius 2 is 2.16 bits per heavy atom. The molecule has 0 saturated carbocycles. The highest BCUT2D eigenvalue weighted by molar-refractivity contribution is 5.54. The van der Waals surface area contributed by atoms with Crippen molar-refractivity contribution in [2.24, 2.45) is 0 Å². The second-order valence-electron chi connectivity index (χ2n) is 5.75. The van der Waals surface area contributed by atoms with Crippen molar-refractivity contribution in [3.05, 3.63) is 36.7 Å². The highest BCUT2D eigenvalue weighted by Crippen LogP contribution is 2.26. The van der Waals surface area contributed by atoms with Crippen LogP contribution in [0.4, 0.5) is 5.69 Å². The molecule has 3 nitrogen and oxygen atoms in total. The molecule has 1 rings (SSSR count). The molecule has 1 aromatic rings. The van der Waals surface area contributed by atoms with Crippen LogP contribution in [0.1, 0.15) is 39.7 Å². The van der Waals surface area contributed by atoms with Crippen molar-refractivity contribution < 1.29 is 0 Å². The molecule has 0 aliphatic carbocycles. The SMILES string of the molecule is C=CCN(c1ccncc1CNCCC)C(C)(C)C. The van der Waals surface area contributed by atoms with Crippen LogP contribution in [-0.2, 0) is 6.54 Å². The van der Waals surface area contributed by atoms with E-state index in [0.29, 0.717) is 0 Å². The monoisotopic (exact) mass is 261 g/mol. The van der Waals surface area contributed by atoms with Gasteiger partial charge in [0.15, 0.2) is 0 Å². The number of anilines is 1. The van der Waals surface area contributed by atoms with Crippen LogP contribution in [0.5, 0.6) is 0 Å². The number of pyridine rings is 1. The largest absolute Gasteiger partial charge is 0.363 e. The summed E-state index contributed by atoms with van der Waals surface area (Å²) in [5.74, 6) is 0. The van der Waals surface area contributed by atoms with Crippen molar-refractivity contribution >= 4 is 5.69 Å². The lowest BCUT2D eigenvalue weighted by Gasteiger charge is -2.38. The molecule has 0 unspecified atom stereocenters. The number of nitrogens with one attached hydrogen (secondary N) is 1. The van der Waals surface area contributed by atoms with Crippen molar-refractivity contribution in [1.29, 1.82) is 0 Å². The van der Waals surface area contributed by atoms with Gasteiger partial charge in [-0.05, 0) is 39.8 Å². The Hall–Kier alpha value is -1.35. The molecule has 19 heavy (non-hydrogen) atoms. The number of nitrogens with zero attached hydrogens (tertiary/aromatic N) is 2. The topological polar surface area (TPSA) is 28.2 Å². The third kappa shape index (κ3) is 4.67. The quantitative estimate of drug-likeness (QED) is 0.602. The molecule has 0 aromatic carbocycles. The normalized spacial score (nSPS) is 11.4. The third-order valence-electron chi connectivity index (χ3n) is 3.03. The second-order valence-corrected chi connectivity index (χ2v) is 5.75. The smallest absolute Gasteiger partial charge is 0.0449 e. The minimum absolute atomic E-state index is 0.0645. The van der Waals surface area contributed by atoms with Gasteiger partial charge in [-0.3, -0.25) is 4.98 Å². The maximum atomic E-state index is 4.26. The fourth-order valence-electron chi connectivity index (χ4n) is 2.08. The fraction of sp³-hybridized carbons (Fsp3) is 0.562. The van der Waals surface area contributed by atoms with E-state index in [-0.39, 0.29) is 5.54 Å². The molecule has 106 valence electrons. The highest BCUT2D eigenvalue weighted by Gasteiger charge is 2.22. The fourth-order valence-corrected chi connectivity index (χ4v) is 2.08. The molecule has 1 N–H and O–H groups in total. The number of hydrogen-bond donors (Lipinski definition) is 1. The van der Waals surface area contributed by atoms with E-state index in [1.54, 1.807) is 0 Å². The molecular weight excluding hydrogens is 234 g/mol. The van der Waals surface area contributed by atoms with Crippen molar-refractivity contribution in [3.8, 4) is 0 Å². The van der Waals surface area contributed by atoms with E-state index in [1.165, 1.54) is 11.3 Å². The Kier molecular flexibility index (Phi) is 6.03. The molecule has 1 heterocycles. The van der Waals surface area contributed by atoms with Gasteiger partial charge in [-0.15, -0.1) is 6.58 Å².